The van der Waals surface area contributed by atoms with E-state index in [9.17, 15) is 14.4 Å². The van der Waals surface area contributed by atoms with Gasteiger partial charge in [0.1, 0.15) is 17.9 Å². The van der Waals surface area contributed by atoms with Gasteiger partial charge in [0.05, 0.1) is 0 Å². The Labute approximate surface area is 76.5 Å². The molecule has 0 saturated heterocycles. The Bertz CT molecular complexity index is 269. The van der Waals surface area contributed by atoms with E-state index < -0.39 is 0 Å². The monoisotopic (exact) mass is 180 g/mol. The van der Waals surface area contributed by atoms with Gasteiger partial charge in [-0.2, -0.15) is 0 Å². The average Bonchev–Trinajstić information content (AvgIpc) is 2.52. The Morgan fingerprint density at radius 2 is 2.00 bits per heavy atom. The van der Waals surface area contributed by atoms with Gasteiger partial charge in [-0.25, -0.2) is 0 Å². The molecule has 3 atom stereocenters. The molecule has 0 aliphatic heterocycles. The zero-order valence-corrected chi connectivity index (χ0v) is 7.36. The second-order valence-electron chi connectivity index (χ2n) is 4.05. The van der Waals surface area contributed by atoms with Gasteiger partial charge in [0.2, 0.25) is 0 Å². The lowest BCUT2D eigenvalue weighted by Gasteiger charge is -2.12. The molecule has 0 heterocycles. The zero-order valence-electron chi connectivity index (χ0n) is 7.36. The minimum Gasteiger partial charge on any atom is -0.303 e. The van der Waals surface area contributed by atoms with Crippen molar-refractivity contribution in [2.45, 2.75) is 25.7 Å². The Kier molecular flexibility index (Phi) is 2.02. The second kappa shape index (κ2) is 3.05. The van der Waals surface area contributed by atoms with Gasteiger partial charge in [-0.05, 0) is 11.8 Å². The minimum atomic E-state index is -0.144. The highest BCUT2D eigenvalue weighted by Gasteiger charge is 2.47. The minimum absolute atomic E-state index is 0.144. The smallest absolute Gasteiger partial charge is 0.137 e. The summed E-state index contributed by atoms with van der Waals surface area (Å²) >= 11 is 0. The van der Waals surface area contributed by atoms with Crippen molar-refractivity contribution in [2.75, 3.05) is 0 Å². The molecule has 1 unspecified atom stereocenters. The second-order valence-corrected chi connectivity index (χ2v) is 4.05. The average molecular weight is 180 g/mol. The number of rotatable bonds is 2. The first-order valence-corrected chi connectivity index (χ1v) is 4.70. The molecule has 0 N–H and O–H groups in total. The van der Waals surface area contributed by atoms with Gasteiger partial charge in [-0.3, -0.25) is 9.59 Å². The number of Topliss-reactive ketones (excluding diaryl/α,β-unsaturated/α-hetero) is 2. The third-order valence-corrected chi connectivity index (χ3v) is 3.30. The molecule has 3 nitrogen and oxygen atoms in total. The first kappa shape index (κ1) is 8.60. The van der Waals surface area contributed by atoms with Gasteiger partial charge in [0.15, 0.2) is 0 Å². The summed E-state index contributed by atoms with van der Waals surface area (Å²) in [4.78, 5) is 32.9. The maximum absolute atomic E-state index is 11.4. The van der Waals surface area contributed by atoms with Gasteiger partial charge < -0.3 is 4.79 Å². The topological polar surface area (TPSA) is 51.2 Å². The van der Waals surface area contributed by atoms with Crippen molar-refractivity contribution in [1.29, 1.82) is 0 Å². The standard InChI is InChI=1S/C10H12O3/c11-2-1-8-9-5-7(12)3-6(9)4-10(8)13/h2,6,8-9H,1,3-5H2/t6-,8?,9-/m0/s1. The lowest BCUT2D eigenvalue weighted by molar-refractivity contribution is -0.124. The third-order valence-electron chi connectivity index (χ3n) is 3.30. The lowest BCUT2D eigenvalue weighted by atomic mass is 9.90. The predicted octanol–water partition coefficient (Wildman–Crippen LogP) is 0.760. The normalized spacial score (nSPS) is 38.0. The van der Waals surface area contributed by atoms with Crippen LogP contribution in [0.2, 0.25) is 0 Å². The number of hydrogen-bond donors (Lipinski definition) is 0. The van der Waals surface area contributed by atoms with Gasteiger partial charge >= 0.3 is 0 Å². The van der Waals surface area contributed by atoms with Crippen LogP contribution in [0.25, 0.3) is 0 Å². The molecule has 2 aliphatic carbocycles. The van der Waals surface area contributed by atoms with Gasteiger partial charge in [0, 0.05) is 31.6 Å². The van der Waals surface area contributed by atoms with Gasteiger partial charge in [0.25, 0.3) is 0 Å². The van der Waals surface area contributed by atoms with Crippen LogP contribution in [-0.2, 0) is 14.4 Å². The lowest BCUT2D eigenvalue weighted by Crippen LogP contribution is -2.15. The predicted molar refractivity (Wildman–Crippen MR) is 45.0 cm³/mol. The zero-order chi connectivity index (χ0) is 9.42. The number of carbonyl (C=O) groups excluding carboxylic acids is 3. The third kappa shape index (κ3) is 1.32. The summed E-state index contributed by atoms with van der Waals surface area (Å²) in [6, 6.07) is 0. The van der Waals surface area contributed by atoms with Crippen LogP contribution in [0.5, 0.6) is 0 Å². The van der Waals surface area contributed by atoms with Crippen LogP contribution in [0.4, 0.5) is 0 Å². The molecule has 70 valence electrons. The number of carbonyl (C=O) groups is 3. The molecular weight excluding hydrogens is 168 g/mol. The molecule has 0 radical (unpaired) electrons. The number of fused-ring (bicyclic) bond motifs is 1. The number of hydrogen-bond acceptors (Lipinski definition) is 3. The molecule has 2 rings (SSSR count). The van der Waals surface area contributed by atoms with Crippen LogP contribution in [0.15, 0.2) is 0 Å². The van der Waals surface area contributed by atoms with Crippen molar-refractivity contribution in [3.8, 4) is 0 Å². The number of aldehydes is 1. The highest BCUT2D eigenvalue weighted by atomic mass is 16.1. The Morgan fingerprint density at radius 3 is 2.69 bits per heavy atom. The van der Waals surface area contributed by atoms with E-state index >= 15 is 0 Å². The Balaban J connectivity index is 2.14. The fourth-order valence-electron chi connectivity index (χ4n) is 2.71. The van der Waals surface area contributed by atoms with Crippen molar-refractivity contribution in [2.24, 2.45) is 17.8 Å². The maximum Gasteiger partial charge on any atom is 0.137 e. The Morgan fingerprint density at radius 1 is 1.23 bits per heavy atom. The summed E-state index contributed by atoms with van der Waals surface area (Å²) in [7, 11) is 0. The van der Waals surface area contributed by atoms with Crippen molar-refractivity contribution in [3.63, 3.8) is 0 Å². The first-order valence-electron chi connectivity index (χ1n) is 4.70. The molecule has 0 amide bonds. The van der Waals surface area contributed by atoms with E-state index in [1.807, 2.05) is 0 Å². The van der Waals surface area contributed by atoms with E-state index in [0.717, 1.165) is 6.29 Å². The van der Waals surface area contributed by atoms with Gasteiger partial charge in [-0.15, -0.1) is 0 Å². The first-order chi connectivity index (χ1) is 6.22. The van der Waals surface area contributed by atoms with E-state index in [-0.39, 0.29) is 29.3 Å². The molecular formula is C10H12O3. The van der Waals surface area contributed by atoms with Crippen molar-refractivity contribution < 1.29 is 14.4 Å². The summed E-state index contributed by atoms with van der Waals surface area (Å²) in [6.45, 7) is 0. The number of ketones is 2. The van der Waals surface area contributed by atoms with Crippen molar-refractivity contribution in [3.05, 3.63) is 0 Å². The van der Waals surface area contributed by atoms with Crippen LogP contribution in [0.3, 0.4) is 0 Å². The molecule has 2 fully saturated rings. The SMILES string of the molecule is O=CCC1C(=O)C[C@@H]2CC(=O)C[C@H]12. The highest BCUT2D eigenvalue weighted by molar-refractivity contribution is 5.91. The quantitative estimate of drug-likeness (QED) is 0.589. The van der Waals surface area contributed by atoms with Crippen molar-refractivity contribution >= 4 is 17.9 Å². The highest BCUT2D eigenvalue weighted by Crippen LogP contribution is 2.45. The van der Waals surface area contributed by atoms with Crippen LogP contribution in [-0.4, -0.2) is 17.9 Å². The summed E-state index contributed by atoms with van der Waals surface area (Å²) in [5, 5.41) is 0. The van der Waals surface area contributed by atoms with Crippen LogP contribution in [0.1, 0.15) is 25.7 Å². The van der Waals surface area contributed by atoms with Crippen LogP contribution >= 0.6 is 0 Å². The summed E-state index contributed by atoms with van der Waals surface area (Å²) in [5.74, 6) is 0.747. The fourth-order valence-corrected chi connectivity index (χ4v) is 2.71. The molecule has 0 aromatic carbocycles. The largest absolute Gasteiger partial charge is 0.303 e. The van der Waals surface area contributed by atoms with Crippen LogP contribution < -0.4 is 0 Å². The molecule has 0 bridgehead atoms. The van der Waals surface area contributed by atoms with Crippen molar-refractivity contribution in [1.82, 2.24) is 0 Å². The molecule has 0 aromatic rings. The summed E-state index contributed by atoms with van der Waals surface area (Å²) in [5.41, 5.74) is 0. The summed E-state index contributed by atoms with van der Waals surface area (Å²) in [6.07, 6.45) is 2.72. The van der Waals surface area contributed by atoms with E-state index in [4.69, 9.17) is 0 Å². The molecule has 3 heteroatoms. The summed E-state index contributed by atoms with van der Waals surface area (Å²) < 4.78 is 0. The Hall–Kier alpha value is -0.990. The van der Waals surface area contributed by atoms with E-state index in [1.165, 1.54) is 0 Å². The van der Waals surface area contributed by atoms with E-state index in [2.05, 4.69) is 0 Å². The molecule has 2 aliphatic rings. The van der Waals surface area contributed by atoms with E-state index in [0.29, 0.717) is 25.7 Å². The fraction of sp³-hybridized carbons (Fsp3) is 0.700. The van der Waals surface area contributed by atoms with E-state index in [1.54, 1.807) is 0 Å². The molecule has 2 saturated carbocycles. The van der Waals surface area contributed by atoms with Gasteiger partial charge in [-0.1, -0.05) is 0 Å². The molecule has 0 aromatic heterocycles. The molecule has 0 spiro atoms. The van der Waals surface area contributed by atoms with Crippen LogP contribution in [0, 0.1) is 17.8 Å². The molecule has 13 heavy (non-hydrogen) atoms. The maximum atomic E-state index is 11.4.